The number of halogens is 3. The second-order valence-electron chi connectivity index (χ2n) is 3.41. The summed E-state index contributed by atoms with van der Waals surface area (Å²) in [5.74, 6) is 1.81. The summed E-state index contributed by atoms with van der Waals surface area (Å²) >= 11 is 18.9. The lowest BCUT2D eigenvalue weighted by atomic mass is 10.1. The molecule has 0 spiro atoms. The van der Waals surface area contributed by atoms with Crippen molar-refractivity contribution in [1.29, 1.82) is 0 Å². The first-order valence-electron chi connectivity index (χ1n) is 5.14. The van der Waals surface area contributed by atoms with Crippen molar-refractivity contribution in [3.8, 4) is 0 Å². The quantitative estimate of drug-likeness (QED) is 0.607. The summed E-state index contributed by atoms with van der Waals surface area (Å²) in [5, 5.41) is 9.59. The molecule has 0 amide bonds. The Hall–Kier alpha value is -0.420. The molecule has 96 valence electrons. The third-order valence-corrected chi connectivity index (χ3v) is 3.93. The van der Waals surface area contributed by atoms with Gasteiger partial charge in [0.2, 0.25) is 5.89 Å². The van der Waals surface area contributed by atoms with E-state index in [1.807, 2.05) is 6.07 Å². The Morgan fingerprint density at radius 2 is 2.06 bits per heavy atom. The Bertz CT molecular complexity index is 533. The first kappa shape index (κ1) is 14.0. The van der Waals surface area contributed by atoms with E-state index in [4.69, 9.17) is 39.2 Å². The molecule has 0 atom stereocenters. The molecular formula is C11H9Cl3N2OS. The highest BCUT2D eigenvalue weighted by Gasteiger charge is 2.09. The molecule has 3 nitrogen and oxygen atoms in total. The fourth-order valence-electron chi connectivity index (χ4n) is 1.32. The zero-order chi connectivity index (χ0) is 13.0. The van der Waals surface area contributed by atoms with Gasteiger partial charge in [-0.1, -0.05) is 41.0 Å². The molecule has 1 aromatic heterocycles. The molecule has 0 saturated heterocycles. The second kappa shape index (κ2) is 6.66. The standard InChI is InChI=1S/C11H9Cl3N2OS/c12-3-4-18-11-16-15-10(17-11)5-7-1-2-8(13)6-9(7)14/h1-2,6H,3-5H2. The van der Waals surface area contributed by atoms with Gasteiger partial charge in [-0.05, 0) is 17.7 Å². The molecule has 0 fully saturated rings. The predicted octanol–water partition coefficient (Wildman–Crippen LogP) is 4.30. The smallest absolute Gasteiger partial charge is 0.276 e. The van der Waals surface area contributed by atoms with Crippen LogP contribution in [0, 0.1) is 0 Å². The van der Waals surface area contributed by atoms with Crippen molar-refractivity contribution in [1.82, 2.24) is 10.2 Å². The number of hydrogen-bond donors (Lipinski definition) is 0. The Morgan fingerprint density at radius 3 is 2.78 bits per heavy atom. The van der Waals surface area contributed by atoms with E-state index in [2.05, 4.69) is 10.2 Å². The van der Waals surface area contributed by atoms with Gasteiger partial charge >= 0.3 is 0 Å². The van der Waals surface area contributed by atoms with E-state index < -0.39 is 0 Å². The molecule has 0 radical (unpaired) electrons. The molecule has 2 rings (SSSR count). The molecule has 7 heteroatoms. The van der Waals surface area contributed by atoms with E-state index in [-0.39, 0.29) is 0 Å². The van der Waals surface area contributed by atoms with Gasteiger partial charge in [0.25, 0.3) is 5.22 Å². The van der Waals surface area contributed by atoms with Crippen LogP contribution in [0.25, 0.3) is 0 Å². The Kier molecular flexibility index (Phi) is 5.18. The molecule has 0 aliphatic rings. The summed E-state index contributed by atoms with van der Waals surface area (Å²) in [6.45, 7) is 0. The van der Waals surface area contributed by atoms with Crippen LogP contribution in [-0.2, 0) is 6.42 Å². The van der Waals surface area contributed by atoms with Crippen LogP contribution in [0.5, 0.6) is 0 Å². The van der Waals surface area contributed by atoms with Gasteiger partial charge in [0.1, 0.15) is 0 Å². The lowest BCUT2D eigenvalue weighted by Gasteiger charge is -2.01. The average molecular weight is 324 g/mol. The number of hydrogen-bond acceptors (Lipinski definition) is 4. The number of nitrogens with zero attached hydrogens (tertiary/aromatic N) is 2. The van der Waals surface area contributed by atoms with Gasteiger partial charge in [-0.15, -0.1) is 21.8 Å². The van der Waals surface area contributed by atoms with Gasteiger partial charge in [-0.3, -0.25) is 0 Å². The van der Waals surface area contributed by atoms with E-state index in [0.717, 1.165) is 11.3 Å². The minimum atomic E-state index is 0.491. The highest BCUT2D eigenvalue weighted by atomic mass is 35.5. The van der Waals surface area contributed by atoms with Crippen LogP contribution in [-0.4, -0.2) is 21.8 Å². The second-order valence-corrected chi connectivity index (χ2v) is 5.68. The maximum absolute atomic E-state index is 6.07. The maximum Gasteiger partial charge on any atom is 0.276 e. The molecule has 18 heavy (non-hydrogen) atoms. The van der Waals surface area contributed by atoms with E-state index >= 15 is 0 Å². The summed E-state index contributed by atoms with van der Waals surface area (Å²) in [7, 11) is 0. The molecule has 0 N–H and O–H groups in total. The lowest BCUT2D eigenvalue weighted by molar-refractivity contribution is 0.420. The number of alkyl halides is 1. The summed E-state index contributed by atoms with van der Waals surface area (Å²) in [6.07, 6.45) is 0.491. The first-order chi connectivity index (χ1) is 8.69. The fourth-order valence-corrected chi connectivity index (χ4v) is 2.53. The minimum Gasteiger partial charge on any atom is -0.416 e. The third-order valence-electron chi connectivity index (χ3n) is 2.11. The highest BCUT2D eigenvalue weighted by molar-refractivity contribution is 7.99. The van der Waals surface area contributed by atoms with Crippen molar-refractivity contribution in [2.75, 3.05) is 11.6 Å². The van der Waals surface area contributed by atoms with Crippen LogP contribution in [0.4, 0.5) is 0 Å². The number of benzene rings is 1. The highest BCUT2D eigenvalue weighted by Crippen LogP contribution is 2.24. The van der Waals surface area contributed by atoms with Crippen molar-refractivity contribution in [2.24, 2.45) is 0 Å². The number of thioether (sulfide) groups is 1. The van der Waals surface area contributed by atoms with E-state index in [1.165, 1.54) is 11.8 Å². The first-order valence-corrected chi connectivity index (χ1v) is 7.41. The van der Waals surface area contributed by atoms with Gasteiger partial charge in [0.15, 0.2) is 0 Å². The molecule has 0 saturated carbocycles. The predicted molar refractivity (Wildman–Crippen MR) is 75.0 cm³/mol. The van der Waals surface area contributed by atoms with Crippen molar-refractivity contribution < 1.29 is 4.42 Å². The molecule has 0 unspecified atom stereocenters. The van der Waals surface area contributed by atoms with Gasteiger partial charge in [-0.2, -0.15) is 0 Å². The number of aromatic nitrogens is 2. The van der Waals surface area contributed by atoms with Gasteiger partial charge in [0, 0.05) is 21.7 Å². The summed E-state index contributed by atoms with van der Waals surface area (Å²) in [6, 6.07) is 5.32. The molecule has 1 heterocycles. The fraction of sp³-hybridized carbons (Fsp3) is 0.273. The zero-order valence-electron chi connectivity index (χ0n) is 9.20. The normalized spacial score (nSPS) is 10.8. The van der Waals surface area contributed by atoms with E-state index in [0.29, 0.717) is 33.5 Å². The molecule has 1 aromatic carbocycles. The summed E-state index contributed by atoms with van der Waals surface area (Å²) < 4.78 is 5.47. The number of rotatable bonds is 5. The van der Waals surface area contributed by atoms with Crippen LogP contribution >= 0.6 is 46.6 Å². The van der Waals surface area contributed by atoms with Crippen LogP contribution in [0.3, 0.4) is 0 Å². The largest absolute Gasteiger partial charge is 0.416 e. The molecule has 0 aliphatic heterocycles. The monoisotopic (exact) mass is 322 g/mol. The Morgan fingerprint density at radius 1 is 1.22 bits per heavy atom. The van der Waals surface area contributed by atoms with E-state index in [1.54, 1.807) is 12.1 Å². The van der Waals surface area contributed by atoms with Gasteiger partial charge < -0.3 is 4.42 Å². The minimum absolute atomic E-state index is 0.491. The summed E-state index contributed by atoms with van der Waals surface area (Å²) in [5.41, 5.74) is 0.901. The zero-order valence-corrected chi connectivity index (χ0v) is 12.3. The van der Waals surface area contributed by atoms with Gasteiger partial charge in [-0.25, -0.2) is 0 Å². The molecule has 0 bridgehead atoms. The van der Waals surface area contributed by atoms with Crippen molar-refractivity contribution in [3.63, 3.8) is 0 Å². The SMILES string of the molecule is ClCCSc1nnc(Cc2ccc(Cl)cc2Cl)o1. The van der Waals surface area contributed by atoms with Crippen LogP contribution in [0.1, 0.15) is 11.5 Å². The Labute approximate surface area is 124 Å². The van der Waals surface area contributed by atoms with Crippen LogP contribution < -0.4 is 0 Å². The van der Waals surface area contributed by atoms with Gasteiger partial charge in [0.05, 0.1) is 6.42 Å². The topological polar surface area (TPSA) is 38.9 Å². The molecule has 0 aliphatic carbocycles. The average Bonchev–Trinajstić information content (AvgIpc) is 2.78. The maximum atomic E-state index is 6.07. The van der Waals surface area contributed by atoms with Crippen LogP contribution in [0.2, 0.25) is 10.0 Å². The van der Waals surface area contributed by atoms with Crippen LogP contribution in [0.15, 0.2) is 27.8 Å². The third kappa shape index (κ3) is 3.79. The summed E-state index contributed by atoms with van der Waals surface area (Å²) in [4.78, 5) is 0. The van der Waals surface area contributed by atoms with E-state index in [9.17, 15) is 0 Å². The molecular weight excluding hydrogens is 315 g/mol. The Balaban J connectivity index is 2.06. The van der Waals surface area contributed by atoms with Crippen molar-refractivity contribution in [2.45, 2.75) is 11.6 Å². The van der Waals surface area contributed by atoms with Crippen molar-refractivity contribution in [3.05, 3.63) is 39.7 Å². The van der Waals surface area contributed by atoms with Crippen molar-refractivity contribution >= 4 is 46.6 Å². The molecule has 2 aromatic rings. The lowest BCUT2D eigenvalue weighted by Crippen LogP contribution is -1.89.